The van der Waals surface area contributed by atoms with Crippen molar-refractivity contribution in [2.45, 2.75) is 26.1 Å². The fourth-order valence-electron chi connectivity index (χ4n) is 3.48. The lowest BCUT2D eigenvalue weighted by Crippen LogP contribution is -3.13. The van der Waals surface area contributed by atoms with Gasteiger partial charge >= 0.3 is 0 Å². The smallest absolute Gasteiger partial charge is 0.280 e. The second-order valence-electron chi connectivity index (χ2n) is 7.20. The van der Waals surface area contributed by atoms with E-state index in [1.165, 1.54) is 10.5 Å². The van der Waals surface area contributed by atoms with Gasteiger partial charge in [0.25, 0.3) is 5.91 Å². The number of carbonyl (C=O) groups excluding carboxylic acids is 1. The highest BCUT2D eigenvalue weighted by atomic mass is 35.5. The van der Waals surface area contributed by atoms with E-state index in [1.54, 1.807) is 6.07 Å². The van der Waals surface area contributed by atoms with Crippen LogP contribution >= 0.6 is 23.2 Å². The summed E-state index contributed by atoms with van der Waals surface area (Å²) >= 11 is 12.2. The zero-order chi connectivity index (χ0) is 19.2. The van der Waals surface area contributed by atoms with Crippen molar-refractivity contribution in [2.75, 3.05) is 26.2 Å². The quantitative estimate of drug-likeness (QED) is 0.745. The summed E-state index contributed by atoms with van der Waals surface area (Å²) < 4.78 is 0. The van der Waals surface area contributed by atoms with E-state index in [1.807, 2.05) is 35.3 Å². The molecule has 0 bridgehead atoms. The first-order valence-electron chi connectivity index (χ1n) is 9.46. The first-order chi connectivity index (χ1) is 13.0. The van der Waals surface area contributed by atoms with Gasteiger partial charge in [-0.25, -0.2) is 0 Å². The van der Waals surface area contributed by atoms with Gasteiger partial charge in [0, 0.05) is 16.1 Å². The minimum Gasteiger partial charge on any atom is -0.332 e. The van der Waals surface area contributed by atoms with E-state index in [2.05, 4.69) is 24.3 Å². The maximum absolute atomic E-state index is 12.8. The topological polar surface area (TPSA) is 41.4 Å². The van der Waals surface area contributed by atoms with Crippen LogP contribution in [0.2, 0.25) is 10.0 Å². The number of piperazine rings is 1. The number of amides is 1. The first kappa shape index (κ1) is 20.2. The Balaban J connectivity index is 1.45. The summed E-state index contributed by atoms with van der Waals surface area (Å²) in [6.45, 7) is 7.30. The Morgan fingerprint density at radius 3 is 2.52 bits per heavy atom. The number of hydrogen-bond acceptors (Lipinski definition) is 1. The summed E-state index contributed by atoms with van der Waals surface area (Å²) in [5.74, 6) is 0.207. The molecule has 4 nitrogen and oxygen atoms in total. The van der Waals surface area contributed by atoms with Gasteiger partial charge in [0.1, 0.15) is 13.1 Å². The average Bonchev–Trinajstić information content (AvgIpc) is 2.68. The number of nitrogens with zero attached hydrogens (tertiary/aromatic N) is 1. The van der Waals surface area contributed by atoms with Crippen LogP contribution < -0.4 is 10.2 Å². The van der Waals surface area contributed by atoms with Gasteiger partial charge in [-0.05, 0) is 19.1 Å². The normalized spacial score (nSPS) is 16.3. The average molecular weight is 408 g/mol. The second kappa shape index (κ2) is 9.56. The second-order valence-corrected chi connectivity index (χ2v) is 8.05. The molecule has 0 spiro atoms. The van der Waals surface area contributed by atoms with Crippen LogP contribution in [-0.4, -0.2) is 43.0 Å². The highest BCUT2D eigenvalue weighted by Gasteiger charge is 2.28. The van der Waals surface area contributed by atoms with E-state index in [-0.39, 0.29) is 11.9 Å². The number of halogens is 2. The minimum absolute atomic E-state index is 0.118. The number of benzene rings is 2. The van der Waals surface area contributed by atoms with Gasteiger partial charge in [0.15, 0.2) is 6.04 Å². The Hall–Kier alpha value is -1.59. The number of rotatable bonds is 6. The van der Waals surface area contributed by atoms with Crippen LogP contribution in [0.3, 0.4) is 0 Å². The van der Waals surface area contributed by atoms with E-state index in [9.17, 15) is 4.79 Å². The molecule has 1 aliphatic rings. The van der Waals surface area contributed by atoms with Crippen LogP contribution in [0.5, 0.6) is 0 Å². The monoisotopic (exact) mass is 407 g/mol. The van der Waals surface area contributed by atoms with E-state index >= 15 is 0 Å². The van der Waals surface area contributed by atoms with E-state index < -0.39 is 0 Å². The van der Waals surface area contributed by atoms with Gasteiger partial charge in [-0.1, -0.05) is 59.6 Å². The maximum Gasteiger partial charge on any atom is 0.280 e. The zero-order valence-electron chi connectivity index (χ0n) is 15.6. The molecule has 2 aromatic carbocycles. The molecule has 1 heterocycles. The molecule has 144 valence electrons. The zero-order valence-corrected chi connectivity index (χ0v) is 17.1. The highest BCUT2D eigenvalue weighted by molar-refractivity contribution is 6.35. The molecule has 1 atom stereocenters. The van der Waals surface area contributed by atoms with E-state index in [0.717, 1.165) is 38.3 Å². The van der Waals surface area contributed by atoms with E-state index in [4.69, 9.17) is 23.2 Å². The number of nitrogens with one attached hydrogen (secondary N) is 1. The summed E-state index contributed by atoms with van der Waals surface area (Å²) in [5, 5.41) is 3.32. The van der Waals surface area contributed by atoms with Crippen molar-refractivity contribution in [2.24, 2.45) is 0 Å². The molecule has 0 aliphatic carbocycles. The Labute approximate surface area is 171 Å². The molecule has 0 unspecified atom stereocenters. The van der Waals surface area contributed by atoms with Crippen molar-refractivity contribution in [3.05, 3.63) is 69.7 Å². The van der Waals surface area contributed by atoms with Gasteiger partial charge < -0.3 is 15.1 Å². The number of nitrogens with two attached hydrogens (primary N) is 1. The van der Waals surface area contributed by atoms with Crippen LogP contribution in [0.15, 0.2) is 48.5 Å². The largest absolute Gasteiger partial charge is 0.332 e. The Morgan fingerprint density at radius 1 is 1.15 bits per heavy atom. The molecule has 3 rings (SSSR count). The molecule has 27 heavy (non-hydrogen) atoms. The fraction of sp³-hybridized carbons (Fsp3) is 0.381. The van der Waals surface area contributed by atoms with Crippen molar-refractivity contribution < 1.29 is 15.0 Å². The molecule has 0 saturated carbocycles. The van der Waals surface area contributed by atoms with Gasteiger partial charge in [-0.15, -0.1) is 0 Å². The van der Waals surface area contributed by atoms with Gasteiger partial charge in [-0.2, -0.15) is 0 Å². The molecule has 1 amide bonds. The molecule has 2 aromatic rings. The summed E-state index contributed by atoms with van der Waals surface area (Å²) in [6.07, 6.45) is 0. The molecule has 1 aliphatic heterocycles. The van der Waals surface area contributed by atoms with Gasteiger partial charge in [0.05, 0.1) is 31.2 Å². The number of quaternary nitrogens is 2. The van der Waals surface area contributed by atoms with Crippen molar-refractivity contribution >= 4 is 29.1 Å². The third-order valence-electron chi connectivity index (χ3n) is 5.18. The highest BCUT2D eigenvalue weighted by Crippen LogP contribution is 2.20. The molecular weight excluding hydrogens is 381 g/mol. The van der Waals surface area contributed by atoms with Crippen LogP contribution in [0.4, 0.5) is 0 Å². The Morgan fingerprint density at radius 2 is 1.85 bits per heavy atom. The van der Waals surface area contributed by atoms with Crippen LogP contribution in [-0.2, 0) is 17.9 Å². The third kappa shape index (κ3) is 5.69. The molecule has 0 aromatic heterocycles. The molecule has 3 N–H and O–H groups in total. The standard InChI is InChI=1S/C21H25Cl2N3O/c1-16(24-14-18-7-8-19(22)13-20(18)23)21(27)26-11-9-25(10-12-26)15-17-5-3-2-4-6-17/h2-8,13,16,24H,9-12,14-15H2,1H3/p+2/t16-/m1/s1. The molecular formula is C21H27Cl2N3O+2. The number of carbonyl (C=O) groups is 1. The lowest BCUT2D eigenvalue weighted by molar-refractivity contribution is -0.917. The SMILES string of the molecule is C[C@@H]([NH2+]Cc1ccc(Cl)cc1Cl)C(=O)N1CC[NH+](Cc2ccccc2)CC1. The Kier molecular flexibility index (Phi) is 7.13. The third-order valence-corrected chi connectivity index (χ3v) is 5.76. The van der Waals surface area contributed by atoms with Crippen molar-refractivity contribution in [3.63, 3.8) is 0 Å². The molecule has 6 heteroatoms. The van der Waals surface area contributed by atoms with Crippen molar-refractivity contribution in [1.82, 2.24) is 4.90 Å². The maximum atomic E-state index is 12.8. The van der Waals surface area contributed by atoms with Crippen LogP contribution in [0.25, 0.3) is 0 Å². The summed E-state index contributed by atoms with van der Waals surface area (Å²) in [5.41, 5.74) is 2.35. The molecule has 0 radical (unpaired) electrons. The lowest BCUT2D eigenvalue weighted by Gasteiger charge is -2.33. The lowest BCUT2D eigenvalue weighted by atomic mass is 10.1. The fourth-order valence-corrected chi connectivity index (χ4v) is 3.97. The summed E-state index contributed by atoms with van der Waals surface area (Å²) in [7, 11) is 0. The molecule has 1 saturated heterocycles. The predicted octanol–water partition coefficient (Wildman–Crippen LogP) is 1.37. The van der Waals surface area contributed by atoms with Crippen molar-refractivity contribution in [1.29, 1.82) is 0 Å². The number of hydrogen-bond donors (Lipinski definition) is 2. The van der Waals surface area contributed by atoms with E-state index in [0.29, 0.717) is 16.6 Å². The summed E-state index contributed by atoms with van der Waals surface area (Å²) in [4.78, 5) is 16.3. The minimum atomic E-state index is -0.118. The first-order valence-corrected chi connectivity index (χ1v) is 10.2. The van der Waals surface area contributed by atoms with Crippen LogP contribution in [0.1, 0.15) is 18.1 Å². The van der Waals surface area contributed by atoms with Crippen molar-refractivity contribution in [3.8, 4) is 0 Å². The molecule has 1 fully saturated rings. The van der Waals surface area contributed by atoms with Gasteiger partial charge in [-0.3, -0.25) is 4.79 Å². The summed E-state index contributed by atoms with van der Waals surface area (Å²) in [6, 6.07) is 15.9. The van der Waals surface area contributed by atoms with Crippen LogP contribution in [0, 0.1) is 0 Å². The Bertz CT molecular complexity index is 761. The predicted molar refractivity (Wildman–Crippen MR) is 109 cm³/mol. The van der Waals surface area contributed by atoms with Gasteiger partial charge in [0.2, 0.25) is 0 Å².